The number of hydrogen-bond donors (Lipinski definition) is 1. The van der Waals surface area contributed by atoms with Crippen LogP contribution in [0.2, 0.25) is 5.02 Å². The molecule has 0 saturated carbocycles. The number of carbonyl (C=O) groups is 2. The van der Waals surface area contributed by atoms with E-state index in [-0.39, 0.29) is 17.9 Å². The number of aryl methyl sites for hydroxylation is 1. The molecule has 0 bridgehead atoms. The van der Waals surface area contributed by atoms with Crippen molar-refractivity contribution in [1.82, 2.24) is 10.2 Å². The van der Waals surface area contributed by atoms with Crippen molar-refractivity contribution in [1.29, 1.82) is 0 Å². The van der Waals surface area contributed by atoms with E-state index >= 15 is 0 Å². The molecule has 0 aliphatic rings. The first-order chi connectivity index (χ1) is 15.3. The molecule has 0 fully saturated rings. The maximum atomic E-state index is 13.2. The van der Waals surface area contributed by atoms with Crippen LogP contribution in [0, 0.1) is 6.92 Å². The van der Waals surface area contributed by atoms with Gasteiger partial charge in [-0.3, -0.25) is 9.59 Å². The molecule has 0 spiro atoms. The largest absolute Gasteiger partial charge is 0.494 e. The van der Waals surface area contributed by atoms with E-state index in [1.807, 2.05) is 45.9 Å². The summed E-state index contributed by atoms with van der Waals surface area (Å²) in [7, 11) is 0. The summed E-state index contributed by atoms with van der Waals surface area (Å²) in [6, 6.07) is 14.8. The highest BCUT2D eigenvalue weighted by atomic mass is 35.5. The van der Waals surface area contributed by atoms with Crippen molar-refractivity contribution in [3.05, 3.63) is 64.7 Å². The molecule has 0 aromatic heterocycles. The Labute approximate surface area is 197 Å². The Morgan fingerprint density at radius 2 is 1.81 bits per heavy atom. The molecule has 1 N–H and O–H groups in total. The van der Waals surface area contributed by atoms with Gasteiger partial charge in [-0.2, -0.15) is 0 Å². The summed E-state index contributed by atoms with van der Waals surface area (Å²) < 4.78 is 5.72. The molecule has 0 unspecified atom stereocenters. The molecule has 2 atom stereocenters. The van der Waals surface area contributed by atoms with Gasteiger partial charge in [-0.25, -0.2) is 0 Å². The molecular formula is C26H35ClN2O3. The zero-order chi connectivity index (χ0) is 23.5. The molecule has 0 aliphatic heterocycles. The van der Waals surface area contributed by atoms with Crippen molar-refractivity contribution in [3.63, 3.8) is 0 Å². The highest BCUT2D eigenvalue weighted by molar-refractivity contribution is 6.30. The van der Waals surface area contributed by atoms with Crippen LogP contribution in [0.25, 0.3) is 0 Å². The van der Waals surface area contributed by atoms with Crippen molar-refractivity contribution in [2.24, 2.45) is 0 Å². The predicted molar refractivity (Wildman–Crippen MR) is 130 cm³/mol. The molecule has 0 radical (unpaired) electrons. The summed E-state index contributed by atoms with van der Waals surface area (Å²) in [4.78, 5) is 27.9. The first-order valence-electron chi connectivity index (χ1n) is 11.4. The fourth-order valence-electron chi connectivity index (χ4n) is 3.46. The number of ether oxygens (including phenoxy) is 1. The van der Waals surface area contributed by atoms with Gasteiger partial charge in [0.05, 0.1) is 6.61 Å². The lowest BCUT2D eigenvalue weighted by Crippen LogP contribution is -2.50. The third-order valence-corrected chi connectivity index (χ3v) is 5.69. The molecule has 5 nitrogen and oxygen atoms in total. The van der Waals surface area contributed by atoms with Gasteiger partial charge in [0.25, 0.3) is 0 Å². The number of rotatable bonds is 12. The van der Waals surface area contributed by atoms with Crippen molar-refractivity contribution >= 4 is 23.4 Å². The molecule has 2 aromatic carbocycles. The summed E-state index contributed by atoms with van der Waals surface area (Å²) >= 11 is 5.90. The van der Waals surface area contributed by atoms with E-state index in [1.165, 1.54) is 0 Å². The smallest absolute Gasteiger partial charge is 0.243 e. The third-order valence-electron chi connectivity index (χ3n) is 5.44. The van der Waals surface area contributed by atoms with Crippen LogP contribution in [-0.4, -0.2) is 35.4 Å². The Morgan fingerprint density at radius 1 is 1.09 bits per heavy atom. The Balaban J connectivity index is 2.06. The van der Waals surface area contributed by atoms with Gasteiger partial charge in [0.15, 0.2) is 0 Å². The van der Waals surface area contributed by atoms with Crippen LogP contribution in [-0.2, 0) is 16.1 Å². The van der Waals surface area contributed by atoms with Crippen LogP contribution in [0.3, 0.4) is 0 Å². The minimum absolute atomic E-state index is 0.0441. The number of benzene rings is 2. The van der Waals surface area contributed by atoms with Crippen LogP contribution >= 0.6 is 11.6 Å². The topological polar surface area (TPSA) is 58.6 Å². The van der Waals surface area contributed by atoms with Crippen molar-refractivity contribution in [2.45, 2.75) is 72.0 Å². The second kappa shape index (κ2) is 13.1. The highest BCUT2D eigenvalue weighted by Crippen LogP contribution is 2.18. The summed E-state index contributed by atoms with van der Waals surface area (Å²) in [5, 5.41) is 3.69. The summed E-state index contributed by atoms with van der Waals surface area (Å²) in [5.74, 6) is 0.579. The quantitative estimate of drug-likeness (QED) is 0.425. The van der Waals surface area contributed by atoms with Crippen LogP contribution in [0.1, 0.15) is 57.6 Å². The molecule has 0 saturated heterocycles. The minimum atomic E-state index is -0.505. The fourth-order valence-corrected chi connectivity index (χ4v) is 3.58. The van der Waals surface area contributed by atoms with E-state index in [0.717, 1.165) is 23.3 Å². The summed E-state index contributed by atoms with van der Waals surface area (Å²) in [6.45, 7) is 8.80. The number of hydrogen-bond acceptors (Lipinski definition) is 3. The zero-order valence-corrected chi connectivity index (χ0v) is 20.3. The molecule has 6 heteroatoms. The van der Waals surface area contributed by atoms with Gasteiger partial charge < -0.3 is 15.0 Å². The molecule has 2 aromatic rings. The van der Waals surface area contributed by atoms with Crippen molar-refractivity contribution in [3.8, 4) is 5.75 Å². The number of carbonyl (C=O) groups excluding carboxylic acids is 2. The maximum absolute atomic E-state index is 13.2. The minimum Gasteiger partial charge on any atom is -0.494 e. The molecule has 2 amide bonds. The monoisotopic (exact) mass is 458 g/mol. The Hall–Kier alpha value is -2.53. The van der Waals surface area contributed by atoms with Crippen molar-refractivity contribution < 1.29 is 14.3 Å². The summed E-state index contributed by atoms with van der Waals surface area (Å²) in [5.41, 5.74) is 2.15. The maximum Gasteiger partial charge on any atom is 0.243 e. The van der Waals surface area contributed by atoms with E-state index in [9.17, 15) is 9.59 Å². The summed E-state index contributed by atoms with van der Waals surface area (Å²) in [6.07, 6.45) is 2.28. The Kier molecular flexibility index (Phi) is 10.5. The number of halogens is 1. The van der Waals surface area contributed by atoms with E-state index in [1.54, 1.807) is 29.2 Å². The average molecular weight is 459 g/mol. The normalized spacial score (nSPS) is 12.7. The number of nitrogens with one attached hydrogen (secondary N) is 1. The second-order valence-corrected chi connectivity index (χ2v) is 8.59. The van der Waals surface area contributed by atoms with Gasteiger partial charge in [-0.15, -0.1) is 0 Å². The van der Waals surface area contributed by atoms with Crippen LogP contribution in [0.5, 0.6) is 5.75 Å². The molecule has 32 heavy (non-hydrogen) atoms. The van der Waals surface area contributed by atoms with E-state index in [4.69, 9.17) is 16.3 Å². The lowest BCUT2D eigenvalue weighted by molar-refractivity contribution is -0.141. The van der Waals surface area contributed by atoms with E-state index < -0.39 is 6.04 Å². The number of amides is 2. The first kappa shape index (κ1) is 25.7. The van der Waals surface area contributed by atoms with E-state index in [2.05, 4.69) is 11.4 Å². The first-order valence-corrected chi connectivity index (χ1v) is 11.8. The highest BCUT2D eigenvalue weighted by Gasteiger charge is 2.28. The van der Waals surface area contributed by atoms with Gasteiger partial charge in [0.2, 0.25) is 11.8 Å². The number of nitrogens with zero attached hydrogens (tertiary/aromatic N) is 1. The van der Waals surface area contributed by atoms with Crippen LogP contribution in [0.4, 0.5) is 0 Å². The average Bonchev–Trinajstić information content (AvgIpc) is 2.77. The molecular weight excluding hydrogens is 424 g/mol. The SMILES string of the molecule is CC[C@H](C)NC(=O)[C@H](CC)N(Cc1cccc(C)c1)C(=O)CCCOc1ccc(Cl)cc1. The second-order valence-electron chi connectivity index (χ2n) is 8.16. The van der Waals surface area contributed by atoms with Gasteiger partial charge in [-0.1, -0.05) is 55.3 Å². The van der Waals surface area contributed by atoms with E-state index in [0.29, 0.717) is 37.4 Å². The molecule has 2 rings (SSSR count). The standard InChI is InChI=1S/C26H35ClN2O3/c1-5-20(4)28-26(31)24(6-2)29(18-21-10-7-9-19(3)17-21)25(30)11-8-16-32-23-14-12-22(27)13-15-23/h7,9-10,12-15,17,20,24H,5-6,8,11,16,18H2,1-4H3,(H,28,31)/t20-,24-/m0/s1. The van der Waals surface area contributed by atoms with Crippen molar-refractivity contribution in [2.75, 3.05) is 6.61 Å². The van der Waals surface area contributed by atoms with Crippen LogP contribution < -0.4 is 10.1 Å². The third kappa shape index (κ3) is 8.19. The molecule has 0 heterocycles. The van der Waals surface area contributed by atoms with Gasteiger partial charge in [-0.05, 0) is 62.9 Å². The Bertz CT molecular complexity index is 870. The lowest BCUT2D eigenvalue weighted by atomic mass is 10.1. The zero-order valence-electron chi connectivity index (χ0n) is 19.6. The fraction of sp³-hybridized carbons (Fsp3) is 0.462. The predicted octanol–water partition coefficient (Wildman–Crippen LogP) is 5.53. The van der Waals surface area contributed by atoms with Gasteiger partial charge >= 0.3 is 0 Å². The Morgan fingerprint density at radius 3 is 2.44 bits per heavy atom. The molecule has 0 aliphatic carbocycles. The lowest BCUT2D eigenvalue weighted by Gasteiger charge is -2.31. The van der Waals surface area contributed by atoms with Crippen LogP contribution in [0.15, 0.2) is 48.5 Å². The van der Waals surface area contributed by atoms with Gasteiger partial charge in [0.1, 0.15) is 11.8 Å². The molecule has 174 valence electrons. The van der Waals surface area contributed by atoms with Gasteiger partial charge in [0, 0.05) is 24.0 Å².